The van der Waals surface area contributed by atoms with Crippen molar-refractivity contribution in [1.29, 1.82) is 0 Å². The summed E-state index contributed by atoms with van der Waals surface area (Å²) in [6.45, 7) is 2.45. The lowest BCUT2D eigenvalue weighted by Gasteiger charge is -2.06. The van der Waals surface area contributed by atoms with Crippen molar-refractivity contribution in [1.82, 2.24) is 0 Å². The van der Waals surface area contributed by atoms with E-state index in [0.717, 1.165) is 17.7 Å². The molecule has 0 aliphatic carbocycles. The highest BCUT2D eigenvalue weighted by Crippen LogP contribution is 2.28. The van der Waals surface area contributed by atoms with Crippen LogP contribution in [0.2, 0.25) is 5.02 Å². The molecule has 0 saturated heterocycles. The molecule has 1 aromatic heterocycles. The quantitative estimate of drug-likeness (QED) is 0.395. The van der Waals surface area contributed by atoms with Gasteiger partial charge in [0.2, 0.25) is 0 Å². The average Bonchev–Trinajstić information content (AvgIpc) is 3.17. The number of nitro groups is 1. The van der Waals surface area contributed by atoms with Crippen LogP contribution in [-0.2, 0) is 13.0 Å². The van der Waals surface area contributed by atoms with Gasteiger partial charge in [-0.1, -0.05) is 30.7 Å². The molecule has 3 aromatic rings. The van der Waals surface area contributed by atoms with E-state index in [9.17, 15) is 14.9 Å². The summed E-state index contributed by atoms with van der Waals surface area (Å²) in [6, 6.07) is 13.6. The molecule has 8 heteroatoms. The van der Waals surface area contributed by atoms with Crippen LogP contribution in [-0.4, -0.2) is 10.8 Å². The highest BCUT2D eigenvalue weighted by atomic mass is 35.5. The molecule has 144 valence electrons. The molecule has 0 unspecified atom stereocenters. The Morgan fingerprint density at radius 1 is 1.18 bits per heavy atom. The number of amides is 1. The molecule has 1 N–H and O–H groups in total. The van der Waals surface area contributed by atoms with Gasteiger partial charge in [-0.15, -0.1) is 11.3 Å². The zero-order chi connectivity index (χ0) is 20.1. The maximum absolute atomic E-state index is 12.4. The molecule has 28 heavy (non-hydrogen) atoms. The maximum atomic E-state index is 12.4. The first kappa shape index (κ1) is 19.9. The number of hydrogen-bond donors (Lipinski definition) is 1. The topological polar surface area (TPSA) is 81.5 Å². The van der Waals surface area contributed by atoms with Gasteiger partial charge < -0.3 is 10.1 Å². The van der Waals surface area contributed by atoms with E-state index in [1.165, 1.54) is 35.1 Å². The van der Waals surface area contributed by atoms with Crippen molar-refractivity contribution in [2.45, 2.75) is 20.0 Å². The van der Waals surface area contributed by atoms with Crippen LogP contribution in [0.1, 0.15) is 27.7 Å². The third-order valence-corrected chi connectivity index (χ3v) is 5.32. The van der Waals surface area contributed by atoms with Crippen molar-refractivity contribution < 1.29 is 14.5 Å². The summed E-state index contributed by atoms with van der Waals surface area (Å²) in [5, 5.41) is 15.4. The van der Waals surface area contributed by atoms with E-state index in [1.807, 2.05) is 29.6 Å². The monoisotopic (exact) mass is 416 g/mol. The number of ether oxygens (including phenoxy) is 1. The van der Waals surface area contributed by atoms with E-state index in [1.54, 1.807) is 6.07 Å². The lowest BCUT2D eigenvalue weighted by molar-refractivity contribution is -0.384. The Kier molecular flexibility index (Phi) is 6.28. The Balaban J connectivity index is 1.61. The lowest BCUT2D eigenvalue weighted by Crippen LogP contribution is -2.10. The van der Waals surface area contributed by atoms with Crippen molar-refractivity contribution in [3.05, 3.63) is 85.1 Å². The van der Waals surface area contributed by atoms with Gasteiger partial charge in [-0.25, -0.2) is 0 Å². The zero-order valence-corrected chi connectivity index (χ0v) is 16.5. The van der Waals surface area contributed by atoms with Crippen LogP contribution in [0, 0.1) is 10.1 Å². The molecule has 0 saturated carbocycles. The highest BCUT2D eigenvalue weighted by molar-refractivity contribution is 7.12. The minimum absolute atomic E-state index is 0.109. The Morgan fingerprint density at radius 2 is 1.93 bits per heavy atom. The van der Waals surface area contributed by atoms with Crippen LogP contribution >= 0.6 is 22.9 Å². The number of halogens is 1. The van der Waals surface area contributed by atoms with Crippen LogP contribution in [0.4, 0.5) is 11.4 Å². The van der Waals surface area contributed by atoms with Crippen LogP contribution in [0.25, 0.3) is 0 Å². The van der Waals surface area contributed by atoms with Gasteiger partial charge in [-0.2, -0.15) is 0 Å². The number of carbonyl (C=O) groups is 1. The van der Waals surface area contributed by atoms with Gasteiger partial charge in [0.05, 0.1) is 20.5 Å². The zero-order valence-electron chi connectivity index (χ0n) is 15.0. The Bertz CT molecular complexity index is 1000. The minimum atomic E-state index is -0.543. The fourth-order valence-electron chi connectivity index (χ4n) is 2.46. The fraction of sp³-hybridized carbons (Fsp3) is 0.150. The van der Waals surface area contributed by atoms with Gasteiger partial charge in [-0.3, -0.25) is 14.9 Å². The average molecular weight is 417 g/mol. The minimum Gasteiger partial charge on any atom is -0.489 e. The molecule has 0 spiro atoms. The van der Waals surface area contributed by atoms with E-state index in [0.29, 0.717) is 17.2 Å². The Morgan fingerprint density at radius 3 is 2.57 bits per heavy atom. The van der Waals surface area contributed by atoms with Gasteiger partial charge in [-0.05, 0) is 41.6 Å². The highest BCUT2D eigenvalue weighted by Gasteiger charge is 2.14. The molecule has 0 fully saturated rings. The number of rotatable bonds is 7. The van der Waals surface area contributed by atoms with Crippen molar-refractivity contribution in [2.24, 2.45) is 0 Å². The molecule has 0 atom stereocenters. The summed E-state index contributed by atoms with van der Waals surface area (Å²) in [5.41, 5.74) is 2.31. The van der Waals surface area contributed by atoms with Gasteiger partial charge in [0.1, 0.15) is 12.4 Å². The summed E-state index contributed by atoms with van der Waals surface area (Å²) >= 11 is 7.30. The van der Waals surface area contributed by atoms with Crippen molar-refractivity contribution >= 4 is 40.2 Å². The molecule has 3 rings (SSSR count). The third kappa shape index (κ3) is 4.88. The number of thiophene rings is 1. The number of benzene rings is 2. The molecule has 0 bridgehead atoms. The molecule has 2 aromatic carbocycles. The van der Waals surface area contributed by atoms with Crippen LogP contribution < -0.4 is 10.1 Å². The molecule has 0 aliphatic rings. The van der Waals surface area contributed by atoms with E-state index < -0.39 is 4.92 Å². The van der Waals surface area contributed by atoms with Crippen molar-refractivity contribution in [3.8, 4) is 5.75 Å². The van der Waals surface area contributed by atoms with Crippen LogP contribution in [0.3, 0.4) is 0 Å². The smallest absolute Gasteiger partial charge is 0.271 e. The second-order valence-electron chi connectivity index (χ2n) is 5.98. The van der Waals surface area contributed by atoms with Gasteiger partial charge in [0, 0.05) is 17.7 Å². The summed E-state index contributed by atoms with van der Waals surface area (Å²) in [5.74, 6) is 0.436. The fourth-order valence-corrected chi connectivity index (χ4v) is 3.48. The number of nitro benzene ring substituents is 1. The first-order valence-corrected chi connectivity index (χ1v) is 9.76. The molecule has 0 radical (unpaired) electrons. The van der Waals surface area contributed by atoms with Crippen LogP contribution in [0.15, 0.2) is 53.9 Å². The Hall–Kier alpha value is -2.90. The largest absolute Gasteiger partial charge is 0.489 e. The number of hydrogen-bond acceptors (Lipinski definition) is 5. The predicted octanol–water partition coefficient (Wildman–Crippen LogP) is 5.70. The number of nitrogens with one attached hydrogen (secondary N) is 1. The molecule has 6 nitrogen and oxygen atoms in total. The van der Waals surface area contributed by atoms with Crippen molar-refractivity contribution in [2.75, 3.05) is 5.32 Å². The maximum Gasteiger partial charge on any atom is 0.271 e. The predicted molar refractivity (Wildman–Crippen MR) is 111 cm³/mol. The third-order valence-electron chi connectivity index (χ3n) is 4.03. The number of nitrogens with zero attached hydrogens (tertiary/aromatic N) is 1. The summed E-state index contributed by atoms with van der Waals surface area (Å²) in [4.78, 5) is 23.1. The molecular weight excluding hydrogens is 400 g/mol. The molecule has 1 heterocycles. The first-order valence-electron chi connectivity index (χ1n) is 8.50. The van der Waals surface area contributed by atoms with E-state index in [4.69, 9.17) is 16.3 Å². The molecule has 0 aliphatic heterocycles. The molecular formula is C20H17ClN2O4S. The first-order chi connectivity index (χ1) is 13.5. The van der Waals surface area contributed by atoms with Gasteiger partial charge in [0.15, 0.2) is 0 Å². The summed E-state index contributed by atoms with van der Waals surface area (Å²) < 4.78 is 5.75. The molecule has 1 amide bonds. The number of aryl methyl sites for hydroxylation is 1. The number of carbonyl (C=O) groups excluding carboxylic acids is 1. The van der Waals surface area contributed by atoms with E-state index >= 15 is 0 Å². The Labute approximate surface area is 170 Å². The van der Waals surface area contributed by atoms with Gasteiger partial charge in [0.25, 0.3) is 11.6 Å². The second-order valence-corrected chi connectivity index (χ2v) is 7.30. The number of non-ortho nitro benzene ring substituents is 1. The number of anilines is 1. The summed E-state index contributed by atoms with van der Waals surface area (Å²) in [6.07, 6.45) is 0.974. The normalized spacial score (nSPS) is 10.5. The van der Waals surface area contributed by atoms with Crippen molar-refractivity contribution in [3.63, 3.8) is 0 Å². The summed E-state index contributed by atoms with van der Waals surface area (Å²) in [7, 11) is 0. The van der Waals surface area contributed by atoms with Gasteiger partial charge >= 0.3 is 0 Å². The van der Waals surface area contributed by atoms with E-state index in [-0.39, 0.29) is 16.6 Å². The van der Waals surface area contributed by atoms with E-state index in [2.05, 4.69) is 12.2 Å². The van der Waals surface area contributed by atoms with Crippen LogP contribution in [0.5, 0.6) is 5.75 Å². The second kappa shape index (κ2) is 8.86. The standard InChI is InChI=1S/C20H17ClN2O4S/c1-2-13-3-6-16(7-4-13)27-11-14-9-19(28-12-14)20(24)22-18-8-5-15(23(25)26)10-17(18)21/h3-10,12H,2,11H2,1H3,(H,22,24). The SMILES string of the molecule is CCc1ccc(OCc2csc(C(=O)Nc3ccc([N+](=O)[O-])cc3Cl)c2)cc1. The lowest BCUT2D eigenvalue weighted by atomic mass is 10.2.